The Morgan fingerprint density at radius 3 is 2.63 bits per heavy atom. The lowest BCUT2D eigenvalue weighted by molar-refractivity contribution is -0.129. The molecule has 1 N–H and O–H groups in total. The number of halogens is 2. The Bertz CT molecular complexity index is 453. The second-order valence-corrected chi connectivity index (χ2v) is 5.98. The minimum atomic E-state index is -0.865. The molecule has 4 heteroatoms. The third-order valence-corrected chi connectivity index (χ3v) is 4.68. The van der Waals surface area contributed by atoms with Crippen molar-refractivity contribution >= 4 is 29.0 Å². The quantitative estimate of drug-likeness (QED) is 0.911. The predicted octanol–water partition coefficient (Wildman–Crippen LogP) is 4.05. The summed E-state index contributed by atoms with van der Waals surface area (Å²) in [7, 11) is 0. The highest BCUT2D eigenvalue weighted by Gasteiger charge is 2.27. The maximum Gasteiger partial charge on any atom is 0.165 e. The molecule has 0 aromatic heterocycles. The molecular formula is C15H18Cl2O2. The van der Waals surface area contributed by atoms with Gasteiger partial charge in [0, 0.05) is 6.42 Å². The van der Waals surface area contributed by atoms with Crippen LogP contribution in [0.2, 0.25) is 10.0 Å². The second-order valence-electron chi connectivity index (χ2n) is 5.20. The molecule has 1 atom stereocenters. The standard InChI is InChI=1S/C15H18Cl2O2/c16-12-8-4-7-11(14(12)17)9-13(18)15(19)10-5-2-1-3-6-10/h4,7-8,10,15,19H,1-3,5-6,9H2. The largest absolute Gasteiger partial charge is 0.385 e. The molecule has 19 heavy (non-hydrogen) atoms. The zero-order valence-electron chi connectivity index (χ0n) is 10.7. The first-order valence-corrected chi connectivity index (χ1v) is 7.49. The average Bonchev–Trinajstić information content (AvgIpc) is 2.44. The Labute approximate surface area is 123 Å². The van der Waals surface area contributed by atoms with E-state index in [-0.39, 0.29) is 18.1 Å². The smallest absolute Gasteiger partial charge is 0.165 e. The summed E-state index contributed by atoms with van der Waals surface area (Å²) in [5, 5.41) is 11.0. The molecule has 0 heterocycles. The number of Topliss-reactive ketones (excluding diaryl/α,β-unsaturated/α-hetero) is 1. The van der Waals surface area contributed by atoms with Crippen LogP contribution in [0, 0.1) is 5.92 Å². The van der Waals surface area contributed by atoms with Crippen molar-refractivity contribution in [2.75, 3.05) is 0 Å². The van der Waals surface area contributed by atoms with E-state index in [4.69, 9.17) is 23.2 Å². The summed E-state index contributed by atoms with van der Waals surface area (Å²) >= 11 is 12.0. The van der Waals surface area contributed by atoms with Gasteiger partial charge in [-0.25, -0.2) is 0 Å². The van der Waals surface area contributed by atoms with Gasteiger partial charge in [-0.15, -0.1) is 0 Å². The molecular weight excluding hydrogens is 283 g/mol. The van der Waals surface area contributed by atoms with Crippen LogP contribution in [0.4, 0.5) is 0 Å². The number of rotatable bonds is 4. The van der Waals surface area contributed by atoms with Crippen molar-refractivity contribution in [3.63, 3.8) is 0 Å². The van der Waals surface area contributed by atoms with Gasteiger partial charge in [0.2, 0.25) is 0 Å². The summed E-state index contributed by atoms with van der Waals surface area (Å²) < 4.78 is 0. The van der Waals surface area contributed by atoms with Crippen LogP contribution < -0.4 is 0 Å². The summed E-state index contributed by atoms with van der Waals surface area (Å²) in [4.78, 5) is 12.1. The number of ketones is 1. The molecule has 1 aromatic carbocycles. The summed E-state index contributed by atoms with van der Waals surface area (Å²) in [5.74, 6) is -0.0460. The molecule has 0 spiro atoms. The zero-order valence-corrected chi connectivity index (χ0v) is 12.3. The molecule has 1 aliphatic rings. The van der Waals surface area contributed by atoms with Crippen molar-refractivity contribution < 1.29 is 9.90 Å². The van der Waals surface area contributed by atoms with Gasteiger partial charge < -0.3 is 5.11 Å². The van der Waals surface area contributed by atoms with Gasteiger partial charge in [-0.3, -0.25) is 4.79 Å². The Balaban J connectivity index is 2.01. The minimum Gasteiger partial charge on any atom is -0.385 e. The van der Waals surface area contributed by atoms with Crippen LogP contribution in [0.15, 0.2) is 18.2 Å². The monoisotopic (exact) mass is 300 g/mol. The zero-order chi connectivity index (χ0) is 13.8. The third-order valence-electron chi connectivity index (χ3n) is 3.82. The number of carbonyl (C=O) groups is 1. The van der Waals surface area contributed by atoms with E-state index in [0.29, 0.717) is 15.6 Å². The lowest BCUT2D eigenvalue weighted by atomic mass is 9.83. The average molecular weight is 301 g/mol. The van der Waals surface area contributed by atoms with Gasteiger partial charge in [-0.05, 0) is 30.4 Å². The molecule has 0 radical (unpaired) electrons. The lowest BCUT2D eigenvalue weighted by Crippen LogP contribution is -2.32. The van der Waals surface area contributed by atoms with Crippen LogP contribution in [-0.4, -0.2) is 17.0 Å². The number of hydrogen-bond acceptors (Lipinski definition) is 2. The first-order valence-electron chi connectivity index (χ1n) is 6.73. The third kappa shape index (κ3) is 3.71. The number of aliphatic hydroxyl groups excluding tert-OH is 1. The van der Waals surface area contributed by atoms with Crippen LogP contribution in [0.25, 0.3) is 0 Å². The van der Waals surface area contributed by atoms with E-state index in [1.165, 1.54) is 6.42 Å². The Hall–Kier alpha value is -0.570. The fraction of sp³-hybridized carbons (Fsp3) is 0.533. The highest BCUT2D eigenvalue weighted by Crippen LogP contribution is 2.29. The van der Waals surface area contributed by atoms with E-state index >= 15 is 0 Å². The molecule has 104 valence electrons. The topological polar surface area (TPSA) is 37.3 Å². The summed E-state index contributed by atoms with van der Waals surface area (Å²) in [6.07, 6.45) is 4.58. The molecule has 2 rings (SSSR count). The number of aliphatic hydroxyl groups is 1. The van der Waals surface area contributed by atoms with Crippen LogP contribution in [0.3, 0.4) is 0 Å². The number of benzene rings is 1. The first-order chi connectivity index (χ1) is 9.09. The molecule has 1 aliphatic carbocycles. The van der Waals surface area contributed by atoms with Crippen LogP contribution in [0.5, 0.6) is 0 Å². The summed E-state index contributed by atoms with van der Waals surface area (Å²) in [6.45, 7) is 0. The van der Waals surface area contributed by atoms with Crippen molar-refractivity contribution in [3.05, 3.63) is 33.8 Å². The van der Waals surface area contributed by atoms with Gasteiger partial charge in [-0.2, -0.15) is 0 Å². The molecule has 0 aliphatic heterocycles. The summed E-state index contributed by atoms with van der Waals surface area (Å²) in [6, 6.07) is 5.24. The molecule has 0 amide bonds. The van der Waals surface area contributed by atoms with Crippen LogP contribution in [-0.2, 0) is 11.2 Å². The molecule has 1 fully saturated rings. The van der Waals surface area contributed by atoms with Gasteiger partial charge in [0.25, 0.3) is 0 Å². The lowest BCUT2D eigenvalue weighted by Gasteiger charge is -2.25. The first kappa shape index (κ1) is 14.8. The fourth-order valence-electron chi connectivity index (χ4n) is 2.69. The van der Waals surface area contributed by atoms with Crippen molar-refractivity contribution in [1.29, 1.82) is 0 Å². The van der Waals surface area contributed by atoms with Crippen molar-refractivity contribution in [3.8, 4) is 0 Å². The van der Waals surface area contributed by atoms with E-state index in [2.05, 4.69) is 0 Å². The van der Waals surface area contributed by atoms with Gasteiger partial charge in [-0.1, -0.05) is 54.6 Å². The van der Waals surface area contributed by atoms with Crippen molar-refractivity contribution in [2.45, 2.75) is 44.6 Å². The maximum absolute atomic E-state index is 12.1. The minimum absolute atomic E-state index is 0.110. The number of hydrogen-bond donors (Lipinski definition) is 1. The Morgan fingerprint density at radius 1 is 1.26 bits per heavy atom. The Morgan fingerprint density at radius 2 is 1.95 bits per heavy atom. The van der Waals surface area contributed by atoms with Gasteiger partial charge in [0.1, 0.15) is 6.10 Å². The SMILES string of the molecule is O=C(Cc1cccc(Cl)c1Cl)C(O)C1CCCCC1. The van der Waals surface area contributed by atoms with Gasteiger partial charge in [0.05, 0.1) is 10.0 Å². The molecule has 1 unspecified atom stereocenters. The van der Waals surface area contributed by atoms with Crippen LogP contribution in [0.1, 0.15) is 37.7 Å². The highest BCUT2D eigenvalue weighted by molar-refractivity contribution is 6.42. The number of carbonyl (C=O) groups excluding carboxylic acids is 1. The maximum atomic E-state index is 12.1. The molecule has 2 nitrogen and oxygen atoms in total. The van der Waals surface area contributed by atoms with E-state index in [1.54, 1.807) is 18.2 Å². The fourth-order valence-corrected chi connectivity index (χ4v) is 3.08. The molecule has 0 saturated heterocycles. The van der Waals surface area contributed by atoms with Crippen molar-refractivity contribution in [1.82, 2.24) is 0 Å². The van der Waals surface area contributed by atoms with E-state index in [9.17, 15) is 9.90 Å². The van der Waals surface area contributed by atoms with E-state index < -0.39 is 6.10 Å². The molecule has 0 bridgehead atoms. The van der Waals surface area contributed by atoms with E-state index in [0.717, 1.165) is 25.7 Å². The molecule has 1 saturated carbocycles. The van der Waals surface area contributed by atoms with Gasteiger partial charge >= 0.3 is 0 Å². The van der Waals surface area contributed by atoms with Crippen LogP contribution >= 0.6 is 23.2 Å². The second kappa shape index (κ2) is 6.74. The highest BCUT2D eigenvalue weighted by atomic mass is 35.5. The normalized spacial score (nSPS) is 18.3. The van der Waals surface area contributed by atoms with Crippen molar-refractivity contribution in [2.24, 2.45) is 5.92 Å². The predicted molar refractivity (Wildman–Crippen MR) is 77.8 cm³/mol. The Kier molecular flexibility index (Phi) is 5.26. The van der Waals surface area contributed by atoms with Gasteiger partial charge in [0.15, 0.2) is 5.78 Å². The molecule has 1 aromatic rings. The summed E-state index contributed by atoms with van der Waals surface area (Å²) in [5.41, 5.74) is 0.689. The van der Waals surface area contributed by atoms with E-state index in [1.807, 2.05) is 0 Å².